The second-order valence-electron chi connectivity index (χ2n) is 5.77. The fraction of sp³-hybridized carbons (Fsp3) is 0.0476. The summed E-state index contributed by atoms with van der Waals surface area (Å²) in [6.07, 6.45) is 0. The molecule has 3 aromatic carbocycles. The summed E-state index contributed by atoms with van der Waals surface area (Å²) in [6.45, 7) is 1.87. The Morgan fingerprint density at radius 1 is 0.885 bits per heavy atom. The molecule has 0 saturated heterocycles. The average molecular weight is 429 g/mol. The van der Waals surface area contributed by atoms with Crippen molar-refractivity contribution in [1.82, 2.24) is 0 Å². The molecule has 1 amide bonds. The molecule has 26 heavy (non-hydrogen) atoms. The smallest absolute Gasteiger partial charge is 0.255 e. The number of carbonyl (C=O) groups excluding carboxylic acids is 2. The highest BCUT2D eigenvalue weighted by molar-refractivity contribution is 9.10. The van der Waals surface area contributed by atoms with Gasteiger partial charge in [-0.05, 0) is 48.9 Å². The average Bonchev–Trinajstić information content (AvgIpc) is 2.63. The zero-order chi connectivity index (χ0) is 18.7. The molecule has 0 aliphatic carbocycles. The van der Waals surface area contributed by atoms with Crippen LogP contribution in [-0.4, -0.2) is 11.7 Å². The number of benzene rings is 3. The van der Waals surface area contributed by atoms with E-state index in [1.165, 1.54) is 0 Å². The molecule has 130 valence electrons. The quantitative estimate of drug-likeness (QED) is 0.526. The maximum atomic E-state index is 13.0. The summed E-state index contributed by atoms with van der Waals surface area (Å²) in [6, 6.07) is 19.3. The summed E-state index contributed by atoms with van der Waals surface area (Å²) in [7, 11) is 0. The van der Waals surface area contributed by atoms with Crippen LogP contribution in [0, 0.1) is 6.92 Å². The molecule has 0 radical (unpaired) electrons. The molecule has 1 N–H and O–H groups in total. The number of rotatable bonds is 4. The van der Waals surface area contributed by atoms with Crippen LogP contribution in [0.25, 0.3) is 0 Å². The fourth-order valence-corrected chi connectivity index (χ4v) is 3.20. The Bertz CT molecular complexity index is 1000. The van der Waals surface area contributed by atoms with E-state index in [9.17, 15) is 9.59 Å². The molecule has 3 aromatic rings. The van der Waals surface area contributed by atoms with Crippen molar-refractivity contribution in [2.45, 2.75) is 6.92 Å². The van der Waals surface area contributed by atoms with Crippen LogP contribution in [0.1, 0.15) is 31.8 Å². The number of anilines is 1. The van der Waals surface area contributed by atoms with Crippen LogP contribution in [0.5, 0.6) is 0 Å². The number of hydrogen-bond donors (Lipinski definition) is 1. The van der Waals surface area contributed by atoms with E-state index in [-0.39, 0.29) is 11.7 Å². The fourth-order valence-electron chi connectivity index (χ4n) is 2.62. The van der Waals surface area contributed by atoms with Gasteiger partial charge in [0.1, 0.15) is 0 Å². The normalized spacial score (nSPS) is 10.4. The number of carbonyl (C=O) groups is 2. The molecule has 0 aliphatic heterocycles. The molecule has 0 saturated carbocycles. The van der Waals surface area contributed by atoms with Gasteiger partial charge in [-0.3, -0.25) is 9.59 Å². The van der Waals surface area contributed by atoms with Crippen LogP contribution in [0.15, 0.2) is 71.2 Å². The van der Waals surface area contributed by atoms with Gasteiger partial charge in [-0.15, -0.1) is 0 Å². The van der Waals surface area contributed by atoms with Gasteiger partial charge in [-0.1, -0.05) is 57.9 Å². The monoisotopic (exact) mass is 427 g/mol. The Kier molecular flexibility index (Phi) is 5.55. The van der Waals surface area contributed by atoms with Crippen molar-refractivity contribution in [3.8, 4) is 0 Å². The molecule has 0 atom stereocenters. The van der Waals surface area contributed by atoms with Gasteiger partial charge in [0.25, 0.3) is 5.91 Å². The Labute approximate surface area is 165 Å². The van der Waals surface area contributed by atoms with Crippen LogP contribution in [-0.2, 0) is 0 Å². The highest BCUT2D eigenvalue weighted by Crippen LogP contribution is 2.27. The first-order valence-corrected chi connectivity index (χ1v) is 9.10. The van der Waals surface area contributed by atoms with E-state index >= 15 is 0 Å². The van der Waals surface area contributed by atoms with Gasteiger partial charge in [0.05, 0.1) is 10.7 Å². The van der Waals surface area contributed by atoms with Crippen molar-refractivity contribution in [2.75, 3.05) is 5.32 Å². The summed E-state index contributed by atoms with van der Waals surface area (Å²) in [5, 5.41) is 3.21. The van der Waals surface area contributed by atoms with E-state index in [0.717, 1.165) is 10.0 Å². The predicted octanol–water partition coefficient (Wildman–Crippen LogP) is 5.89. The first-order chi connectivity index (χ1) is 12.5. The van der Waals surface area contributed by atoms with Crippen LogP contribution < -0.4 is 5.32 Å². The van der Waals surface area contributed by atoms with Crippen molar-refractivity contribution >= 4 is 44.9 Å². The van der Waals surface area contributed by atoms with Gasteiger partial charge >= 0.3 is 0 Å². The number of nitrogens with one attached hydrogen (secondary N) is 1. The predicted molar refractivity (Wildman–Crippen MR) is 108 cm³/mol. The topological polar surface area (TPSA) is 46.2 Å². The lowest BCUT2D eigenvalue weighted by Gasteiger charge is -2.13. The van der Waals surface area contributed by atoms with Crippen LogP contribution in [0.4, 0.5) is 5.69 Å². The zero-order valence-electron chi connectivity index (χ0n) is 13.9. The third-order valence-electron chi connectivity index (χ3n) is 3.98. The molecular formula is C21H15BrClNO2. The SMILES string of the molecule is Cc1ccccc1C(=O)Nc1ccc(Br)cc1C(=O)c1ccccc1Cl. The third kappa shape index (κ3) is 3.87. The minimum absolute atomic E-state index is 0.253. The van der Waals surface area contributed by atoms with E-state index in [0.29, 0.717) is 27.4 Å². The Morgan fingerprint density at radius 3 is 2.23 bits per heavy atom. The Morgan fingerprint density at radius 2 is 1.54 bits per heavy atom. The number of hydrogen-bond acceptors (Lipinski definition) is 2. The maximum absolute atomic E-state index is 13.0. The molecular weight excluding hydrogens is 414 g/mol. The lowest BCUT2D eigenvalue weighted by Crippen LogP contribution is -2.16. The van der Waals surface area contributed by atoms with Crippen molar-refractivity contribution in [3.05, 3.63) is 98.5 Å². The van der Waals surface area contributed by atoms with Crippen LogP contribution in [0.3, 0.4) is 0 Å². The van der Waals surface area contributed by atoms with E-state index in [4.69, 9.17) is 11.6 Å². The second kappa shape index (κ2) is 7.85. The highest BCUT2D eigenvalue weighted by Gasteiger charge is 2.19. The summed E-state index contributed by atoms with van der Waals surface area (Å²) in [5.41, 5.74) is 2.62. The first-order valence-electron chi connectivity index (χ1n) is 7.93. The molecule has 0 aliphatic rings. The van der Waals surface area contributed by atoms with Crippen molar-refractivity contribution in [2.24, 2.45) is 0 Å². The minimum atomic E-state index is -0.265. The van der Waals surface area contributed by atoms with E-state index < -0.39 is 0 Å². The maximum Gasteiger partial charge on any atom is 0.255 e. The van der Waals surface area contributed by atoms with Gasteiger partial charge in [0.2, 0.25) is 0 Å². The molecule has 0 aromatic heterocycles. The number of amides is 1. The Hall–Kier alpha value is -2.43. The standard InChI is InChI=1S/C21H15BrClNO2/c1-13-6-2-3-7-15(13)21(26)24-19-11-10-14(22)12-17(19)20(25)16-8-4-5-9-18(16)23/h2-12H,1H3,(H,24,26). The summed E-state index contributed by atoms with van der Waals surface area (Å²) >= 11 is 9.54. The molecule has 0 unspecified atom stereocenters. The molecule has 0 bridgehead atoms. The van der Waals surface area contributed by atoms with Crippen molar-refractivity contribution < 1.29 is 9.59 Å². The van der Waals surface area contributed by atoms with Gasteiger partial charge in [-0.25, -0.2) is 0 Å². The molecule has 0 spiro atoms. The van der Waals surface area contributed by atoms with Gasteiger partial charge in [0, 0.05) is 21.2 Å². The number of halogens is 2. The van der Waals surface area contributed by atoms with E-state index in [1.54, 1.807) is 54.6 Å². The first kappa shape index (κ1) is 18.4. The van der Waals surface area contributed by atoms with E-state index in [1.807, 2.05) is 19.1 Å². The van der Waals surface area contributed by atoms with Crippen LogP contribution in [0.2, 0.25) is 5.02 Å². The van der Waals surface area contributed by atoms with Gasteiger partial charge in [0.15, 0.2) is 5.78 Å². The number of ketones is 1. The number of aryl methyl sites for hydroxylation is 1. The lowest BCUT2D eigenvalue weighted by molar-refractivity contribution is 0.102. The summed E-state index contributed by atoms with van der Waals surface area (Å²) in [5.74, 6) is -0.518. The molecule has 3 rings (SSSR count). The third-order valence-corrected chi connectivity index (χ3v) is 4.81. The minimum Gasteiger partial charge on any atom is -0.321 e. The summed E-state index contributed by atoms with van der Waals surface area (Å²) < 4.78 is 0.738. The van der Waals surface area contributed by atoms with Crippen molar-refractivity contribution in [1.29, 1.82) is 0 Å². The van der Waals surface area contributed by atoms with E-state index in [2.05, 4.69) is 21.2 Å². The summed E-state index contributed by atoms with van der Waals surface area (Å²) in [4.78, 5) is 25.6. The molecule has 0 heterocycles. The van der Waals surface area contributed by atoms with Crippen LogP contribution >= 0.6 is 27.5 Å². The largest absolute Gasteiger partial charge is 0.321 e. The van der Waals surface area contributed by atoms with Gasteiger partial charge in [-0.2, -0.15) is 0 Å². The van der Waals surface area contributed by atoms with Crippen molar-refractivity contribution in [3.63, 3.8) is 0 Å². The molecule has 5 heteroatoms. The molecule has 0 fully saturated rings. The molecule has 3 nitrogen and oxygen atoms in total. The second-order valence-corrected chi connectivity index (χ2v) is 7.09. The zero-order valence-corrected chi connectivity index (χ0v) is 16.3. The Balaban J connectivity index is 1.99. The lowest BCUT2D eigenvalue weighted by atomic mass is 10.0. The van der Waals surface area contributed by atoms with Gasteiger partial charge < -0.3 is 5.32 Å². The highest BCUT2D eigenvalue weighted by atomic mass is 79.9.